The van der Waals surface area contributed by atoms with E-state index in [1.54, 1.807) is 19.1 Å². The van der Waals surface area contributed by atoms with Crippen molar-refractivity contribution in [3.63, 3.8) is 0 Å². The Morgan fingerprint density at radius 2 is 1.78 bits per heavy atom. The summed E-state index contributed by atoms with van der Waals surface area (Å²) in [5.74, 6) is -0.410. The van der Waals surface area contributed by atoms with E-state index in [1.165, 1.54) is 0 Å². The van der Waals surface area contributed by atoms with Crippen molar-refractivity contribution in [1.82, 2.24) is 0 Å². The quantitative estimate of drug-likeness (QED) is 0.278. The van der Waals surface area contributed by atoms with Crippen molar-refractivity contribution in [2.24, 2.45) is 11.8 Å². The number of aliphatic hydroxyl groups is 1. The van der Waals surface area contributed by atoms with Gasteiger partial charge in [0.2, 0.25) is 0 Å². The number of Topliss-reactive ketones (excluding diaryl/α,β-unsaturated/α-hetero) is 1. The van der Waals surface area contributed by atoms with Gasteiger partial charge in [0.05, 0.1) is 12.7 Å². The number of aliphatic hydroxyl groups excluding tert-OH is 1. The average molecular weight is 381 g/mol. The second-order valence-corrected chi connectivity index (χ2v) is 7.46. The van der Waals surface area contributed by atoms with Crippen molar-refractivity contribution in [3.05, 3.63) is 12.2 Å². The van der Waals surface area contributed by atoms with E-state index in [0.717, 1.165) is 51.4 Å². The molecule has 27 heavy (non-hydrogen) atoms. The number of carbonyl (C=O) groups is 3. The Kier molecular flexibility index (Phi) is 11.9. The number of carbonyl (C=O) groups excluding carboxylic acids is 3. The second-order valence-electron chi connectivity index (χ2n) is 7.46. The fraction of sp³-hybridized carbons (Fsp3) is 0.773. The molecule has 1 rings (SSSR count). The third kappa shape index (κ3) is 9.32. The molecule has 154 valence electrons. The molecule has 0 aromatic heterocycles. The van der Waals surface area contributed by atoms with Crippen molar-refractivity contribution < 1.29 is 24.2 Å². The Morgan fingerprint density at radius 3 is 2.48 bits per heavy atom. The molecule has 0 amide bonds. The van der Waals surface area contributed by atoms with Gasteiger partial charge in [0, 0.05) is 31.1 Å². The molecule has 0 spiro atoms. The summed E-state index contributed by atoms with van der Waals surface area (Å²) in [6, 6.07) is 0. The van der Waals surface area contributed by atoms with Gasteiger partial charge in [-0.2, -0.15) is 0 Å². The van der Waals surface area contributed by atoms with Crippen LogP contribution in [0.15, 0.2) is 12.2 Å². The third-order valence-electron chi connectivity index (χ3n) is 5.22. The SMILES string of the molecule is CCCCCC(=O)/C=C/[C@H]1[C@H](O)CC(=O)[C@H]1CCCCCCC(=O)OCC. The first-order valence-corrected chi connectivity index (χ1v) is 10.6. The van der Waals surface area contributed by atoms with Crippen molar-refractivity contribution in [2.75, 3.05) is 6.61 Å². The summed E-state index contributed by atoms with van der Waals surface area (Å²) in [6.07, 6.45) is 11.1. The van der Waals surface area contributed by atoms with E-state index in [2.05, 4.69) is 6.92 Å². The van der Waals surface area contributed by atoms with Crippen LogP contribution in [0, 0.1) is 11.8 Å². The van der Waals surface area contributed by atoms with Gasteiger partial charge in [-0.15, -0.1) is 0 Å². The van der Waals surface area contributed by atoms with Crippen LogP contribution in [0.3, 0.4) is 0 Å². The zero-order chi connectivity index (χ0) is 20.1. The van der Waals surface area contributed by atoms with Crippen LogP contribution in [-0.4, -0.2) is 35.4 Å². The zero-order valence-electron chi connectivity index (χ0n) is 17.0. The Morgan fingerprint density at radius 1 is 1.07 bits per heavy atom. The number of ether oxygens (including phenoxy) is 1. The van der Waals surface area contributed by atoms with Crippen LogP contribution in [0.25, 0.3) is 0 Å². The molecule has 3 atom stereocenters. The fourth-order valence-electron chi connectivity index (χ4n) is 3.66. The minimum atomic E-state index is -0.675. The number of hydrogen-bond acceptors (Lipinski definition) is 5. The first-order chi connectivity index (χ1) is 13.0. The molecule has 0 unspecified atom stereocenters. The van der Waals surface area contributed by atoms with Crippen LogP contribution >= 0.6 is 0 Å². The Hall–Kier alpha value is -1.49. The summed E-state index contributed by atoms with van der Waals surface area (Å²) in [7, 11) is 0. The van der Waals surface area contributed by atoms with Crippen LogP contribution in [0.2, 0.25) is 0 Å². The monoisotopic (exact) mass is 380 g/mol. The molecule has 1 N–H and O–H groups in total. The van der Waals surface area contributed by atoms with Crippen LogP contribution in [-0.2, 0) is 19.1 Å². The number of allylic oxidation sites excluding steroid dienone is 1. The average Bonchev–Trinajstić information content (AvgIpc) is 2.89. The Balaban J connectivity index is 2.35. The normalized spacial score (nSPS) is 22.5. The topological polar surface area (TPSA) is 80.7 Å². The highest BCUT2D eigenvalue weighted by atomic mass is 16.5. The lowest BCUT2D eigenvalue weighted by Crippen LogP contribution is -2.19. The summed E-state index contributed by atoms with van der Waals surface area (Å²) in [5.41, 5.74) is 0. The van der Waals surface area contributed by atoms with E-state index in [1.807, 2.05) is 0 Å². The number of rotatable bonds is 14. The molecule has 0 saturated heterocycles. The molecule has 0 aliphatic heterocycles. The van der Waals surface area contributed by atoms with E-state index < -0.39 is 6.10 Å². The maximum Gasteiger partial charge on any atom is 0.305 e. The molecule has 0 aromatic carbocycles. The highest BCUT2D eigenvalue weighted by molar-refractivity contribution is 5.90. The molecule has 0 heterocycles. The minimum Gasteiger partial charge on any atom is -0.466 e. The van der Waals surface area contributed by atoms with Gasteiger partial charge in [-0.3, -0.25) is 14.4 Å². The van der Waals surface area contributed by atoms with Crippen molar-refractivity contribution in [2.45, 2.75) is 90.6 Å². The number of unbranched alkanes of at least 4 members (excludes halogenated alkanes) is 5. The molecule has 1 aliphatic rings. The molecule has 0 bridgehead atoms. The predicted octanol–water partition coefficient (Wildman–Crippen LogP) is 4.16. The smallest absolute Gasteiger partial charge is 0.305 e. The van der Waals surface area contributed by atoms with Gasteiger partial charge in [0.25, 0.3) is 0 Å². The fourth-order valence-corrected chi connectivity index (χ4v) is 3.66. The van der Waals surface area contributed by atoms with Crippen LogP contribution < -0.4 is 0 Å². The molecule has 5 nitrogen and oxygen atoms in total. The van der Waals surface area contributed by atoms with Gasteiger partial charge in [-0.1, -0.05) is 45.1 Å². The summed E-state index contributed by atoms with van der Waals surface area (Å²) in [5, 5.41) is 10.2. The largest absolute Gasteiger partial charge is 0.466 e. The van der Waals surface area contributed by atoms with Crippen molar-refractivity contribution in [3.8, 4) is 0 Å². The van der Waals surface area contributed by atoms with Gasteiger partial charge in [-0.05, 0) is 32.3 Å². The third-order valence-corrected chi connectivity index (χ3v) is 5.22. The summed E-state index contributed by atoms with van der Waals surface area (Å²) in [6.45, 7) is 4.32. The number of ketones is 2. The predicted molar refractivity (Wildman–Crippen MR) is 105 cm³/mol. The van der Waals surface area contributed by atoms with E-state index in [4.69, 9.17) is 4.74 Å². The molecule has 1 aliphatic carbocycles. The molecule has 5 heteroatoms. The lowest BCUT2D eigenvalue weighted by Gasteiger charge is -2.17. The highest BCUT2D eigenvalue weighted by Crippen LogP contribution is 2.34. The highest BCUT2D eigenvalue weighted by Gasteiger charge is 2.39. The lowest BCUT2D eigenvalue weighted by atomic mass is 9.88. The van der Waals surface area contributed by atoms with Crippen LogP contribution in [0.4, 0.5) is 0 Å². The van der Waals surface area contributed by atoms with E-state index >= 15 is 0 Å². The first kappa shape index (κ1) is 23.5. The maximum absolute atomic E-state index is 12.2. The molecular formula is C22H36O5. The van der Waals surface area contributed by atoms with Crippen LogP contribution in [0.1, 0.15) is 84.5 Å². The van der Waals surface area contributed by atoms with Gasteiger partial charge >= 0.3 is 5.97 Å². The summed E-state index contributed by atoms with van der Waals surface area (Å²) >= 11 is 0. The molecule has 1 saturated carbocycles. The molecule has 0 radical (unpaired) electrons. The van der Waals surface area contributed by atoms with E-state index in [-0.39, 0.29) is 35.8 Å². The Labute approximate surface area is 163 Å². The Bertz CT molecular complexity index is 497. The zero-order valence-corrected chi connectivity index (χ0v) is 17.0. The minimum absolute atomic E-state index is 0.0766. The van der Waals surface area contributed by atoms with Gasteiger partial charge < -0.3 is 9.84 Å². The standard InChI is InChI=1S/C22H36O5/c1-3-5-8-11-17(23)14-15-19-18(20(24)16-21(19)25)12-9-6-7-10-13-22(26)27-4-2/h14-15,18-19,21,25H,3-13,16H2,1-2H3/b15-14+/t18-,19+,21+/m0/s1. The summed E-state index contributed by atoms with van der Waals surface area (Å²) < 4.78 is 4.90. The molecule has 0 aromatic rings. The number of hydrogen-bond donors (Lipinski definition) is 1. The molecule has 1 fully saturated rings. The number of esters is 1. The van der Waals surface area contributed by atoms with E-state index in [9.17, 15) is 19.5 Å². The summed E-state index contributed by atoms with van der Waals surface area (Å²) in [4.78, 5) is 35.4. The van der Waals surface area contributed by atoms with Gasteiger partial charge in [0.15, 0.2) is 5.78 Å². The molecular weight excluding hydrogens is 344 g/mol. The van der Waals surface area contributed by atoms with E-state index in [0.29, 0.717) is 19.4 Å². The first-order valence-electron chi connectivity index (χ1n) is 10.6. The van der Waals surface area contributed by atoms with Crippen molar-refractivity contribution >= 4 is 17.5 Å². The second kappa shape index (κ2) is 13.6. The lowest BCUT2D eigenvalue weighted by molar-refractivity contribution is -0.143. The van der Waals surface area contributed by atoms with Crippen LogP contribution in [0.5, 0.6) is 0 Å². The van der Waals surface area contributed by atoms with Crippen molar-refractivity contribution in [1.29, 1.82) is 0 Å². The van der Waals surface area contributed by atoms with Gasteiger partial charge in [0.1, 0.15) is 5.78 Å². The maximum atomic E-state index is 12.2. The van der Waals surface area contributed by atoms with Gasteiger partial charge in [-0.25, -0.2) is 0 Å².